The number of hydrogen-bond acceptors (Lipinski definition) is 8. The van der Waals surface area contributed by atoms with Crippen molar-refractivity contribution in [2.24, 2.45) is 5.10 Å². The molecule has 1 unspecified atom stereocenters. The number of hydrogen-bond donors (Lipinski definition) is 3. The molecule has 3 N–H and O–H groups in total. The van der Waals surface area contributed by atoms with Gasteiger partial charge in [-0.05, 0) is 35.9 Å². The van der Waals surface area contributed by atoms with E-state index in [2.05, 4.69) is 15.5 Å². The van der Waals surface area contributed by atoms with Gasteiger partial charge in [0.15, 0.2) is 11.5 Å². The van der Waals surface area contributed by atoms with Crippen molar-refractivity contribution in [2.75, 3.05) is 21.3 Å². The summed E-state index contributed by atoms with van der Waals surface area (Å²) in [5.41, 5.74) is 2.65. The molecule has 0 bridgehead atoms. The second kappa shape index (κ2) is 8.91. The monoisotopic (exact) mass is 472 g/mol. The molecule has 0 amide bonds. The minimum atomic E-state index is -0.795. The number of aromatic nitrogens is 2. The number of aromatic amines is 1. The Labute approximate surface area is 193 Å². The van der Waals surface area contributed by atoms with Crippen LogP contribution >= 0.6 is 11.6 Å². The highest BCUT2D eigenvalue weighted by atomic mass is 35.5. The van der Waals surface area contributed by atoms with Gasteiger partial charge in [-0.25, -0.2) is 9.36 Å². The van der Waals surface area contributed by atoms with Crippen LogP contribution in [0.2, 0.25) is 5.02 Å². The zero-order chi connectivity index (χ0) is 23.7. The standard InChI is InChI=1S/C22H21ClN4O6/c1-31-16-7-11(8-17(32-2)19(16)33-3)14-10-15(26-25-14)18-20(28)24-22(30)27(21(18)29)13-6-4-5-12(23)9-13/h4-9,14,25,29H,10H2,1-3H3,(H,24,28,30). The van der Waals surface area contributed by atoms with Gasteiger partial charge in [-0.15, -0.1) is 0 Å². The van der Waals surface area contributed by atoms with Gasteiger partial charge in [0, 0.05) is 11.4 Å². The molecule has 33 heavy (non-hydrogen) atoms. The Morgan fingerprint density at radius 2 is 1.79 bits per heavy atom. The molecule has 0 radical (unpaired) electrons. The van der Waals surface area contributed by atoms with E-state index in [-0.39, 0.29) is 23.7 Å². The number of benzene rings is 2. The molecule has 0 aliphatic carbocycles. The number of H-pyrrole nitrogens is 1. The van der Waals surface area contributed by atoms with E-state index in [1.165, 1.54) is 27.4 Å². The van der Waals surface area contributed by atoms with Crippen LogP contribution in [0.4, 0.5) is 0 Å². The third kappa shape index (κ3) is 4.00. The summed E-state index contributed by atoms with van der Waals surface area (Å²) in [4.78, 5) is 27.3. The Morgan fingerprint density at radius 3 is 2.39 bits per heavy atom. The maximum atomic E-state index is 12.6. The fourth-order valence-electron chi connectivity index (χ4n) is 3.73. The van der Waals surface area contributed by atoms with Gasteiger partial charge in [0.1, 0.15) is 5.56 Å². The number of methoxy groups -OCH3 is 3. The summed E-state index contributed by atoms with van der Waals surface area (Å²) in [7, 11) is 4.54. The first kappa shape index (κ1) is 22.3. The summed E-state index contributed by atoms with van der Waals surface area (Å²) >= 11 is 6.02. The summed E-state index contributed by atoms with van der Waals surface area (Å²) in [5.74, 6) is 0.859. The topological polar surface area (TPSA) is 127 Å². The van der Waals surface area contributed by atoms with Gasteiger partial charge < -0.3 is 24.7 Å². The Bertz CT molecular complexity index is 1340. The highest BCUT2D eigenvalue weighted by molar-refractivity contribution is 6.30. The Balaban J connectivity index is 1.73. The van der Waals surface area contributed by atoms with Crippen LogP contribution in [-0.4, -0.2) is 41.7 Å². The van der Waals surface area contributed by atoms with E-state index < -0.39 is 17.1 Å². The van der Waals surface area contributed by atoms with Gasteiger partial charge in [-0.3, -0.25) is 9.78 Å². The molecule has 1 atom stereocenters. The Hall–Kier alpha value is -3.92. The van der Waals surface area contributed by atoms with Crippen LogP contribution in [0.25, 0.3) is 5.69 Å². The average Bonchev–Trinajstić information content (AvgIpc) is 3.27. The quantitative estimate of drug-likeness (QED) is 0.502. The molecule has 2 heterocycles. The van der Waals surface area contributed by atoms with Crippen LogP contribution in [0.1, 0.15) is 23.6 Å². The molecule has 0 fully saturated rings. The lowest BCUT2D eigenvalue weighted by Gasteiger charge is -2.17. The van der Waals surface area contributed by atoms with Crippen LogP contribution in [0.15, 0.2) is 51.1 Å². The second-order valence-electron chi connectivity index (χ2n) is 7.18. The van der Waals surface area contributed by atoms with Crippen molar-refractivity contribution in [3.05, 3.63) is 73.4 Å². The number of halogens is 1. The minimum Gasteiger partial charge on any atom is -0.493 e. The molecule has 0 saturated heterocycles. The first-order chi connectivity index (χ1) is 15.9. The van der Waals surface area contributed by atoms with Gasteiger partial charge >= 0.3 is 5.69 Å². The molecular formula is C22H21ClN4O6. The average molecular weight is 473 g/mol. The molecule has 4 rings (SSSR count). The predicted molar refractivity (Wildman–Crippen MR) is 122 cm³/mol. The Kier molecular flexibility index (Phi) is 6.01. The van der Waals surface area contributed by atoms with E-state index in [9.17, 15) is 14.7 Å². The van der Waals surface area contributed by atoms with Crippen LogP contribution < -0.4 is 30.9 Å². The van der Waals surface area contributed by atoms with Crippen molar-refractivity contribution in [2.45, 2.75) is 12.5 Å². The lowest BCUT2D eigenvalue weighted by molar-refractivity contribution is 0.323. The normalized spacial score (nSPS) is 15.0. The fraction of sp³-hybridized carbons (Fsp3) is 0.227. The van der Waals surface area contributed by atoms with Crippen molar-refractivity contribution >= 4 is 17.3 Å². The summed E-state index contributed by atoms with van der Waals surface area (Å²) < 4.78 is 17.1. The molecule has 172 valence electrons. The van der Waals surface area contributed by atoms with E-state index in [0.29, 0.717) is 28.0 Å². The number of hydrazone groups is 1. The second-order valence-corrected chi connectivity index (χ2v) is 7.61. The zero-order valence-electron chi connectivity index (χ0n) is 18.0. The highest BCUT2D eigenvalue weighted by Gasteiger charge is 2.29. The third-order valence-electron chi connectivity index (χ3n) is 5.28. The van der Waals surface area contributed by atoms with Gasteiger partial charge in [-0.1, -0.05) is 17.7 Å². The van der Waals surface area contributed by atoms with E-state index in [1.807, 2.05) is 0 Å². The molecule has 0 spiro atoms. The molecule has 2 aromatic carbocycles. The van der Waals surface area contributed by atoms with Gasteiger partial charge in [-0.2, -0.15) is 5.10 Å². The molecule has 11 heteroatoms. The fourth-order valence-corrected chi connectivity index (χ4v) is 3.92. The Morgan fingerprint density at radius 1 is 1.09 bits per heavy atom. The summed E-state index contributed by atoms with van der Waals surface area (Å²) in [6.07, 6.45) is 0.253. The van der Waals surface area contributed by atoms with Gasteiger partial charge in [0.05, 0.1) is 38.8 Å². The molecule has 10 nitrogen and oxygen atoms in total. The molecular weight excluding hydrogens is 452 g/mol. The maximum absolute atomic E-state index is 12.6. The summed E-state index contributed by atoms with van der Waals surface area (Å²) in [5, 5.41) is 15.5. The number of aromatic hydroxyl groups is 1. The lowest BCUT2D eigenvalue weighted by atomic mass is 9.99. The van der Waals surface area contributed by atoms with Crippen molar-refractivity contribution in [1.29, 1.82) is 0 Å². The van der Waals surface area contributed by atoms with Crippen molar-refractivity contribution in [3.8, 4) is 28.8 Å². The van der Waals surface area contributed by atoms with Crippen molar-refractivity contribution in [1.82, 2.24) is 15.0 Å². The number of ether oxygens (including phenoxy) is 3. The molecule has 1 aliphatic heterocycles. The van der Waals surface area contributed by atoms with Crippen molar-refractivity contribution < 1.29 is 19.3 Å². The van der Waals surface area contributed by atoms with Gasteiger partial charge in [0.2, 0.25) is 11.6 Å². The molecule has 0 saturated carbocycles. The SMILES string of the molecule is COc1cc(C2CC(c3c(O)n(-c4cccc(Cl)c4)c(=O)[nH]c3=O)=NN2)cc(OC)c1OC. The van der Waals surface area contributed by atoms with Crippen LogP contribution in [0.3, 0.4) is 0 Å². The molecule has 3 aromatic rings. The van der Waals surface area contributed by atoms with Gasteiger partial charge in [0.25, 0.3) is 5.56 Å². The lowest BCUT2D eigenvalue weighted by Crippen LogP contribution is -2.33. The maximum Gasteiger partial charge on any atom is 0.335 e. The number of nitrogens with zero attached hydrogens (tertiary/aromatic N) is 2. The largest absolute Gasteiger partial charge is 0.493 e. The first-order valence-corrected chi connectivity index (χ1v) is 10.2. The minimum absolute atomic E-state index is 0.114. The third-order valence-corrected chi connectivity index (χ3v) is 5.52. The first-order valence-electron chi connectivity index (χ1n) is 9.84. The van der Waals surface area contributed by atoms with Crippen LogP contribution in [0.5, 0.6) is 23.1 Å². The van der Waals surface area contributed by atoms with Crippen LogP contribution in [0, 0.1) is 0 Å². The molecule has 1 aromatic heterocycles. The highest BCUT2D eigenvalue weighted by Crippen LogP contribution is 2.41. The summed E-state index contributed by atoms with van der Waals surface area (Å²) in [6.45, 7) is 0. The van der Waals surface area contributed by atoms with E-state index in [4.69, 9.17) is 25.8 Å². The van der Waals surface area contributed by atoms with E-state index in [1.54, 1.807) is 30.3 Å². The zero-order valence-corrected chi connectivity index (χ0v) is 18.8. The van der Waals surface area contributed by atoms with Crippen LogP contribution in [-0.2, 0) is 0 Å². The predicted octanol–water partition coefficient (Wildman–Crippen LogP) is 2.35. The smallest absolute Gasteiger partial charge is 0.335 e. The molecule has 1 aliphatic rings. The van der Waals surface area contributed by atoms with E-state index in [0.717, 1.165) is 10.1 Å². The van der Waals surface area contributed by atoms with Crippen molar-refractivity contribution in [3.63, 3.8) is 0 Å². The summed E-state index contributed by atoms with van der Waals surface area (Å²) in [6, 6.07) is 9.54. The number of nitrogens with one attached hydrogen (secondary N) is 2. The number of rotatable bonds is 6. The van der Waals surface area contributed by atoms with E-state index >= 15 is 0 Å².